The van der Waals surface area contributed by atoms with Crippen molar-refractivity contribution in [1.82, 2.24) is 4.72 Å². The van der Waals surface area contributed by atoms with Crippen LogP contribution in [0.1, 0.15) is 53.4 Å². The van der Waals surface area contributed by atoms with Crippen molar-refractivity contribution in [2.45, 2.75) is 70.1 Å². The second-order valence-corrected chi connectivity index (χ2v) is 8.33. The fourth-order valence-electron chi connectivity index (χ4n) is 2.56. The lowest BCUT2D eigenvalue weighted by Gasteiger charge is -2.37. The summed E-state index contributed by atoms with van der Waals surface area (Å²) in [6.45, 7) is 7.43. The van der Waals surface area contributed by atoms with Crippen molar-refractivity contribution in [3.63, 3.8) is 0 Å². The molecule has 1 fully saturated rings. The van der Waals surface area contributed by atoms with Crippen LogP contribution in [0.5, 0.6) is 0 Å². The van der Waals surface area contributed by atoms with E-state index in [1.807, 2.05) is 0 Å². The molecule has 2 nitrogen and oxygen atoms in total. The number of hydrogen-bond acceptors (Lipinski definition) is 3. The van der Waals surface area contributed by atoms with E-state index in [-0.39, 0.29) is 16.7 Å². The molecule has 0 aromatic carbocycles. The van der Waals surface area contributed by atoms with Crippen molar-refractivity contribution in [3.8, 4) is 0 Å². The molecule has 0 aliphatic heterocycles. The molecule has 1 rings (SSSR count). The highest BCUT2D eigenvalue weighted by Gasteiger charge is 2.42. The molecule has 1 aliphatic rings. The molecule has 0 aromatic rings. The molecule has 0 heterocycles. The summed E-state index contributed by atoms with van der Waals surface area (Å²) in [5.41, 5.74) is 0. The third-order valence-electron chi connectivity index (χ3n) is 3.78. The van der Waals surface area contributed by atoms with Gasteiger partial charge >= 0.3 is 0 Å². The van der Waals surface area contributed by atoms with Gasteiger partial charge in [0.15, 0.2) is 0 Å². The Kier molecular flexibility index (Phi) is 6.08. The van der Waals surface area contributed by atoms with Crippen LogP contribution in [0.4, 0.5) is 8.78 Å². The van der Waals surface area contributed by atoms with Crippen molar-refractivity contribution in [2.75, 3.05) is 6.61 Å². The van der Waals surface area contributed by atoms with Gasteiger partial charge in [-0.2, -0.15) is 0 Å². The van der Waals surface area contributed by atoms with Gasteiger partial charge in [-0.3, -0.25) is 4.72 Å². The number of aliphatic hydroxyl groups excluding tert-OH is 1. The highest BCUT2D eigenvalue weighted by molar-refractivity contribution is 7.98. The Balaban J connectivity index is 2.50. The Morgan fingerprint density at radius 1 is 1.32 bits per heavy atom. The van der Waals surface area contributed by atoms with E-state index in [9.17, 15) is 8.78 Å². The maximum absolute atomic E-state index is 13.6. The molecule has 19 heavy (non-hydrogen) atoms. The maximum atomic E-state index is 13.6. The Labute approximate surface area is 119 Å². The lowest BCUT2D eigenvalue weighted by molar-refractivity contribution is -0.113. The molecule has 1 saturated carbocycles. The summed E-state index contributed by atoms with van der Waals surface area (Å²) in [6.07, 6.45) is 2.86. The lowest BCUT2D eigenvalue weighted by Crippen LogP contribution is -2.40. The first kappa shape index (κ1) is 17.2. The number of rotatable bonds is 5. The SMILES string of the molecule is CC(NSC(C)(C)C)C1CCCC(C(F)(F)CO)C1. The molecule has 114 valence electrons. The minimum absolute atomic E-state index is 0.122. The van der Waals surface area contributed by atoms with E-state index in [4.69, 9.17) is 5.11 Å². The number of nitrogens with one attached hydrogen (secondary N) is 1. The topological polar surface area (TPSA) is 32.3 Å². The van der Waals surface area contributed by atoms with Gasteiger partial charge in [-0.1, -0.05) is 18.4 Å². The lowest BCUT2D eigenvalue weighted by atomic mass is 9.76. The van der Waals surface area contributed by atoms with Gasteiger partial charge in [0.05, 0.1) is 0 Å². The molecule has 0 radical (unpaired) electrons. The van der Waals surface area contributed by atoms with Gasteiger partial charge in [0.1, 0.15) is 6.61 Å². The molecule has 3 atom stereocenters. The molecule has 0 saturated heterocycles. The minimum Gasteiger partial charge on any atom is -0.390 e. The van der Waals surface area contributed by atoms with E-state index in [1.165, 1.54) is 0 Å². The van der Waals surface area contributed by atoms with Crippen LogP contribution in [0.15, 0.2) is 0 Å². The van der Waals surface area contributed by atoms with Crippen molar-refractivity contribution in [1.29, 1.82) is 0 Å². The number of halogens is 2. The predicted molar refractivity (Wildman–Crippen MR) is 77.4 cm³/mol. The summed E-state index contributed by atoms with van der Waals surface area (Å²) in [7, 11) is 0. The highest BCUT2D eigenvalue weighted by Crippen LogP contribution is 2.40. The standard InChI is InChI=1S/C14H27F2NOS/c1-10(17-19-13(2,3)4)11-6-5-7-12(8-11)14(15,16)9-18/h10-12,17-18H,5-9H2,1-4H3. The first-order valence-corrected chi connectivity index (χ1v) is 7.89. The van der Waals surface area contributed by atoms with Crippen LogP contribution in [0.3, 0.4) is 0 Å². The average molecular weight is 295 g/mol. The number of alkyl halides is 2. The molecular formula is C14H27F2NOS. The van der Waals surface area contributed by atoms with Crippen LogP contribution in [-0.4, -0.2) is 28.4 Å². The second-order valence-electron chi connectivity index (χ2n) is 6.66. The molecule has 0 aromatic heterocycles. The summed E-state index contributed by atoms with van der Waals surface area (Å²) in [5.74, 6) is -3.32. The van der Waals surface area contributed by atoms with E-state index in [0.29, 0.717) is 12.8 Å². The van der Waals surface area contributed by atoms with E-state index in [0.717, 1.165) is 12.8 Å². The Morgan fingerprint density at radius 2 is 1.95 bits per heavy atom. The average Bonchev–Trinajstić information content (AvgIpc) is 2.35. The van der Waals surface area contributed by atoms with E-state index < -0.39 is 18.4 Å². The van der Waals surface area contributed by atoms with Crippen LogP contribution >= 0.6 is 11.9 Å². The van der Waals surface area contributed by atoms with Crippen LogP contribution in [-0.2, 0) is 0 Å². The summed E-state index contributed by atoms with van der Waals surface area (Å²) in [5, 5.41) is 8.81. The van der Waals surface area contributed by atoms with Crippen LogP contribution < -0.4 is 4.72 Å². The normalized spacial score (nSPS) is 27.3. The van der Waals surface area contributed by atoms with Gasteiger partial charge < -0.3 is 5.11 Å². The minimum atomic E-state index is -2.92. The summed E-state index contributed by atoms with van der Waals surface area (Å²) >= 11 is 1.66. The van der Waals surface area contributed by atoms with Crippen LogP contribution in [0, 0.1) is 11.8 Å². The second kappa shape index (κ2) is 6.72. The first-order valence-electron chi connectivity index (χ1n) is 7.08. The van der Waals surface area contributed by atoms with Gasteiger partial charge in [-0.15, -0.1) is 0 Å². The van der Waals surface area contributed by atoms with Gasteiger partial charge in [0.25, 0.3) is 5.92 Å². The Morgan fingerprint density at radius 3 is 2.47 bits per heavy atom. The van der Waals surface area contributed by atoms with Crippen molar-refractivity contribution in [3.05, 3.63) is 0 Å². The molecule has 0 bridgehead atoms. The van der Waals surface area contributed by atoms with Crippen molar-refractivity contribution >= 4 is 11.9 Å². The molecule has 1 aliphatic carbocycles. The molecule has 5 heteroatoms. The Bertz CT molecular complexity index is 281. The molecule has 0 amide bonds. The van der Waals surface area contributed by atoms with E-state index in [1.54, 1.807) is 11.9 Å². The summed E-state index contributed by atoms with van der Waals surface area (Å²) in [6, 6.07) is 0.224. The largest absolute Gasteiger partial charge is 0.390 e. The smallest absolute Gasteiger partial charge is 0.273 e. The third-order valence-corrected chi connectivity index (χ3v) is 4.88. The van der Waals surface area contributed by atoms with Gasteiger partial charge in [-0.25, -0.2) is 8.78 Å². The van der Waals surface area contributed by atoms with Crippen LogP contribution in [0.25, 0.3) is 0 Å². The quantitative estimate of drug-likeness (QED) is 0.756. The summed E-state index contributed by atoms with van der Waals surface area (Å²) in [4.78, 5) is 0. The van der Waals surface area contributed by atoms with Gasteiger partial charge in [-0.05, 0) is 52.9 Å². The van der Waals surface area contributed by atoms with Crippen molar-refractivity contribution in [2.24, 2.45) is 11.8 Å². The Hall–Kier alpha value is 0.130. The number of aliphatic hydroxyl groups is 1. The maximum Gasteiger partial charge on any atom is 0.273 e. The summed E-state index contributed by atoms with van der Waals surface area (Å²) < 4.78 is 30.7. The molecule has 3 unspecified atom stereocenters. The fraction of sp³-hybridized carbons (Fsp3) is 1.00. The zero-order valence-electron chi connectivity index (χ0n) is 12.4. The zero-order chi connectivity index (χ0) is 14.7. The van der Waals surface area contributed by atoms with Crippen molar-refractivity contribution < 1.29 is 13.9 Å². The molecular weight excluding hydrogens is 268 g/mol. The van der Waals surface area contributed by atoms with Crippen LogP contribution in [0.2, 0.25) is 0 Å². The van der Waals surface area contributed by atoms with Gasteiger partial charge in [0.2, 0.25) is 0 Å². The van der Waals surface area contributed by atoms with E-state index >= 15 is 0 Å². The monoisotopic (exact) mass is 295 g/mol. The van der Waals surface area contributed by atoms with E-state index in [2.05, 4.69) is 32.4 Å². The third kappa shape index (κ3) is 5.56. The predicted octanol–water partition coefficient (Wildman–Crippen LogP) is 3.85. The number of hydrogen-bond donors (Lipinski definition) is 2. The zero-order valence-corrected chi connectivity index (χ0v) is 13.2. The first-order chi connectivity index (χ1) is 8.65. The highest BCUT2D eigenvalue weighted by atomic mass is 32.2. The fourth-order valence-corrected chi connectivity index (χ4v) is 3.29. The van der Waals surface area contributed by atoms with Gasteiger partial charge in [0, 0.05) is 16.7 Å². The molecule has 2 N–H and O–H groups in total. The molecule has 0 spiro atoms.